The predicted octanol–water partition coefficient (Wildman–Crippen LogP) is 27.1. The topological polar surface area (TPSA) is 260 Å². The third kappa shape index (κ3) is 21.0. The maximum atomic E-state index is 13.4. The first-order chi connectivity index (χ1) is 71.2. The van der Waals surface area contributed by atoms with Gasteiger partial charge >= 0.3 is 6.18 Å². The van der Waals surface area contributed by atoms with Crippen molar-refractivity contribution in [3.05, 3.63) is 82.9 Å². The van der Waals surface area contributed by atoms with Crippen molar-refractivity contribution in [3.63, 3.8) is 0 Å². The Hall–Kier alpha value is -4.16. The zero-order valence-corrected chi connectivity index (χ0v) is 94.0. The second-order valence-corrected chi connectivity index (χ2v) is 59.5. The molecule has 27 heteroatoms. The van der Waals surface area contributed by atoms with E-state index in [9.17, 15) is 75.8 Å². The SMILES string of the molecule is CC[C@@]1(O)CC[C@H]2[C@@H](CC[C@@H]3[C@@H]2CC[C@]2(C)[C@@H](C(=O)Cc4nccs4)CC[C@@H]32)C1.COC[C@@]1(O)CC[C@H]2[C@@H](CC[C@@H]3[C@@H]2CC[C@]2(C)[C@@H](C(=O)Cc4nccs4)CC[C@@H]32)C1.C[C@]12CC[C@H]3[C@@H](CC[C@H]4C[C@@](O)(C(F)(F)F)CC[C@@H]43)[C@@H]1CC[C@@H]2C(=O)Cc1nccs1.C[C@]12CC[C@H]3[C@@H](CC[C@H]4C[C@@](O)(C(F)F)CC[C@@H]43)[C@@H]1CC[C@@H]2C(=O)Cc1nccs1.C[C@]12CC[C@H]3[C@@H](CC[C@H]4C[C@@](O)(CF)CC[C@@H]43)[C@@H]1CC[C@@H]2C(=O)Cc1nccs1. The van der Waals surface area contributed by atoms with Crippen LogP contribution in [0.5, 0.6) is 0 Å². The minimum Gasteiger partial charge on any atom is -0.390 e. The Kier molecular flexibility index (Phi) is 32.4. The second-order valence-electron chi connectivity index (χ2n) is 54.6. The molecule has 0 saturated heterocycles. The van der Waals surface area contributed by atoms with Gasteiger partial charge in [-0.1, -0.05) is 41.5 Å². The molecule has 20 aliphatic rings. The van der Waals surface area contributed by atoms with Gasteiger partial charge in [0.1, 0.15) is 41.2 Å². The number of ether oxygens (including phenoxy) is 1. The van der Waals surface area contributed by atoms with Gasteiger partial charge in [-0.25, -0.2) is 38.1 Å². The van der Waals surface area contributed by atoms with Crippen LogP contribution in [0.3, 0.4) is 0 Å². The molecular weight excluding hydrogens is 1990 g/mol. The van der Waals surface area contributed by atoms with E-state index in [0.29, 0.717) is 164 Å². The number of rotatable bonds is 20. The van der Waals surface area contributed by atoms with E-state index in [1.165, 1.54) is 101 Å². The first-order valence-electron chi connectivity index (χ1n) is 59.3. The van der Waals surface area contributed by atoms with Crippen LogP contribution in [0, 0.1) is 205 Å². The fraction of sp³-hybridized carbons (Fsp3) is 0.836. The molecule has 5 N–H and O–H groups in total. The van der Waals surface area contributed by atoms with E-state index >= 15 is 0 Å². The van der Waals surface area contributed by atoms with E-state index in [1.807, 2.05) is 39.3 Å². The number of nitrogens with zero attached hydrogens (tertiary/aromatic N) is 5. The van der Waals surface area contributed by atoms with Crippen molar-refractivity contribution in [3.8, 4) is 0 Å². The molecule has 0 spiro atoms. The van der Waals surface area contributed by atoms with Gasteiger partial charge in [0.2, 0.25) is 0 Å². The van der Waals surface area contributed by atoms with Gasteiger partial charge in [-0.2, -0.15) is 13.2 Å². The molecule has 40 atom stereocenters. The Balaban J connectivity index is 0.000000109. The Morgan fingerprint density at radius 2 is 0.570 bits per heavy atom. The van der Waals surface area contributed by atoms with Crippen LogP contribution in [0.4, 0.5) is 26.3 Å². The zero-order chi connectivity index (χ0) is 104. The van der Waals surface area contributed by atoms with Gasteiger partial charge in [0.05, 0.1) is 80.6 Å². The average molecular weight is 2160 g/mol. The minimum atomic E-state index is -4.53. The first-order valence-corrected chi connectivity index (χ1v) is 63.7. The van der Waals surface area contributed by atoms with Crippen molar-refractivity contribution in [2.75, 3.05) is 20.4 Å². The van der Waals surface area contributed by atoms with E-state index in [1.54, 1.807) is 71.0 Å². The lowest BCUT2D eigenvalue weighted by molar-refractivity contribution is -0.282. The van der Waals surface area contributed by atoms with Crippen molar-refractivity contribution in [2.45, 2.75) is 410 Å². The molecule has 20 saturated carbocycles. The maximum Gasteiger partial charge on any atom is 0.417 e. The Bertz CT molecular complexity index is 5260. The van der Waals surface area contributed by atoms with Crippen molar-refractivity contribution in [1.29, 1.82) is 0 Å². The summed E-state index contributed by atoms with van der Waals surface area (Å²) in [5.74, 6) is 18.1. The molecule has 0 radical (unpaired) electrons. The normalized spacial score (nSPS) is 45.8. The summed E-state index contributed by atoms with van der Waals surface area (Å²) in [7, 11) is 1.70. The van der Waals surface area contributed by atoms with Crippen LogP contribution in [-0.2, 0) is 60.8 Å². The van der Waals surface area contributed by atoms with Gasteiger partial charge in [-0.3, -0.25) is 24.0 Å². The molecule has 824 valence electrons. The van der Waals surface area contributed by atoms with Crippen molar-refractivity contribution < 1.29 is 80.6 Å². The van der Waals surface area contributed by atoms with Crippen molar-refractivity contribution >= 4 is 85.6 Å². The molecule has 149 heavy (non-hydrogen) atoms. The molecule has 5 heterocycles. The highest BCUT2D eigenvalue weighted by Gasteiger charge is 2.68. The Labute approximate surface area is 902 Å². The summed E-state index contributed by atoms with van der Waals surface area (Å²) in [6, 6.07) is 0. The van der Waals surface area contributed by atoms with Crippen LogP contribution in [0.25, 0.3) is 0 Å². The molecule has 25 rings (SSSR count). The molecule has 5 aromatic heterocycles. The van der Waals surface area contributed by atoms with Crippen LogP contribution in [0.1, 0.15) is 362 Å². The van der Waals surface area contributed by atoms with Gasteiger partial charge in [0.15, 0.2) is 5.60 Å². The molecule has 5 aromatic rings. The summed E-state index contributed by atoms with van der Waals surface area (Å²) in [5, 5.41) is 67.4. The second kappa shape index (κ2) is 43.8. The summed E-state index contributed by atoms with van der Waals surface area (Å²) in [6.07, 6.45) is 49.1. The minimum absolute atomic E-state index is 0.0176. The van der Waals surface area contributed by atoms with Crippen LogP contribution in [0.2, 0.25) is 0 Å². The number of fused-ring (bicyclic) bond motifs is 25. The lowest BCUT2D eigenvalue weighted by Gasteiger charge is -2.57. The third-order valence-corrected chi connectivity index (χ3v) is 52.5. The van der Waals surface area contributed by atoms with Crippen molar-refractivity contribution in [2.24, 2.45) is 205 Å². The fourth-order valence-corrected chi connectivity index (χ4v) is 44.8. The van der Waals surface area contributed by atoms with Gasteiger partial charge in [0, 0.05) is 94.6 Å². The lowest BCUT2D eigenvalue weighted by atomic mass is 9.48. The van der Waals surface area contributed by atoms with Crippen molar-refractivity contribution in [1.82, 2.24) is 24.9 Å². The first kappa shape index (κ1) is 110. The van der Waals surface area contributed by atoms with Crippen LogP contribution in [0.15, 0.2) is 57.9 Å². The molecule has 16 nitrogen and oxygen atoms in total. The number of hydrogen-bond acceptors (Lipinski definition) is 21. The van der Waals surface area contributed by atoms with Crippen LogP contribution >= 0.6 is 56.7 Å². The van der Waals surface area contributed by atoms with E-state index in [2.05, 4.69) is 66.5 Å². The smallest absolute Gasteiger partial charge is 0.390 e. The van der Waals surface area contributed by atoms with Crippen LogP contribution < -0.4 is 0 Å². The molecule has 0 aromatic carbocycles. The summed E-state index contributed by atoms with van der Waals surface area (Å²) < 4.78 is 85.7. The fourth-order valence-electron chi connectivity index (χ4n) is 41.7. The summed E-state index contributed by atoms with van der Waals surface area (Å²) >= 11 is 7.92. The number of hydrogen-bond donors (Lipinski definition) is 5. The highest BCUT2D eigenvalue weighted by Crippen LogP contribution is 2.73. The number of ketones is 5. The number of halogens is 6. The summed E-state index contributed by atoms with van der Waals surface area (Å²) in [4.78, 5) is 87.6. The zero-order valence-electron chi connectivity index (χ0n) is 89.9. The Morgan fingerprint density at radius 1 is 0.322 bits per heavy atom. The Morgan fingerprint density at radius 3 is 0.832 bits per heavy atom. The average Bonchev–Trinajstić information content (AvgIpc) is 1.65. The predicted molar refractivity (Wildman–Crippen MR) is 572 cm³/mol. The van der Waals surface area contributed by atoms with Gasteiger partial charge in [-0.05, 0) is 470 Å². The summed E-state index contributed by atoms with van der Waals surface area (Å²) in [5.41, 5.74) is -5.67. The number of thiazole rings is 5. The highest BCUT2D eigenvalue weighted by molar-refractivity contribution is 7.10. The number of alkyl halides is 6. The largest absolute Gasteiger partial charge is 0.417 e. The number of aliphatic hydroxyl groups is 5. The number of Topliss-reactive ketones (excluding diaryl/α,β-unsaturated/α-hetero) is 5. The molecule has 0 amide bonds. The quantitative estimate of drug-likeness (QED) is 0.0454. The van der Waals surface area contributed by atoms with E-state index in [-0.39, 0.29) is 94.2 Å². The lowest BCUT2D eigenvalue weighted by Crippen LogP contribution is -2.55. The molecule has 20 aliphatic carbocycles. The van der Waals surface area contributed by atoms with E-state index in [0.717, 1.165) is 245 Å². The number of carbonyl (C=O) groups excluding carboxylic acids is 5. The van der Waals surface area contributed by atoms with E-state index < -0.39 is 47.3 Å². The highest BCUT2D eigenvalue weighted by atomic mass is 32.1. The number of aromatic nitrogens is 5. The molecule has 20 fully saturated rings. The number of methoxy groups -OCH3 is 1. The third-order valence-electron chi connectivity index (χ3n) is 48.6. The van der Waals surface area contributed by atoms with Gasteiger partial charge in [-0.15, -0.1) is 56.7 Å². The van der Waals surface area contributed by atoms with E-state index in [4.69, 9.17) is 4.74 Å². The molecule has 0 unspecified atom stereocenters. The molecule has 0 bridgehead atoms. The number of carbonyl (C=O) groups is 5. The molecule has 0 aliphatic heterocycles. The standard InChI is InChI=1S/C25H37NO3S.C25H37NO2S.C24H32F3NO2S.C24H33F2NO2S.C24H34FNO2S/c1-24-9-7-18-17-8-10-25(28,15-29-2)14-16(17)3-4-19(18)20(24)5-6-21(24)22(27)13-23-26-11-12-30-23;1-3-25(28)11-9-17-16(15-25)4-5-19-18(17)8-10-24(2)20(19)6-7-21(24)22(27)14-23-26-12-13-29-23;1-22-8-6-16-15-7-9-23(30,24(25,26)27)13-14(15)2-3-17(16)18(22)4-5-19(22)20(29)12-21-28-10-11-31-21;1-23-8-6-16-15-7-9-24(29,22(25)26)13-14(15)2-3-17(16)18(23)4-5-19(23)20(28)12-21-27-10-11-30-21;1-23-8-6-17-16-7-9-24(28,14-25)13-15(16)2-3-18(17)19(23)4-5-20(23)21(27)12-22-26-10-11-29-22/h11-12,16-21,28H,3-10,13-15H2,1-2H3;12-13,16-21,28H,3-11,14-15H2,1-2H3;10-11,14-19,30H,2-9,12-13H2,1H3;10-11,14-19,22,29H,2-9,12-13H2,1H3;10-11,15-20,28H,2-9,12-14H2,1H3/t2*16-,17-,18+,19+,20-,21+,24-,25+;14-,15-,16+,17+,18-,19+,22-,23+;14-,15-,16+,17+,18-,19+,23-,24+;15-,16-,17+,18+,19-,20+,23-,24+/m00000/s1. The summed E-state index contributed by atoms with van der Waals surface area (Å²) in [6.45, 7) is 14.0. The van der Waals surface area contributed by atoms with Crippen LogP contribution in [-0.4, -0.2) is 140 Å². The van der Waals surface area contributed by atoms with Gasteiger partial charge < -0.3 is 30.3 Å². The maximum absolute atomic E-state index is 13.4. The van der Waals surface area contributed by atoms with Gasteiger partial charge in [0.25, 0.3) is 6.43 Å². The monoisotopic (exact) mass is 2160 g/mol. The molecular formula is C122H173F6N5O11S5.